The Bertz CT molecular complexity index is 572. The van der Waals surface area contributed by atoms with Crippen molar-refractivity contribution >= 4 is 11.9 Å². The van der Waals surface area contributed by atoms with E-state index in [0.717, 1.165) is 44.9 Å². The van der Waals surface area contributed by atoms with E-state index in [2.05, 4.69) is 13.8 Å². The summed E-state index contributed by atoms with van der Waals surface area (Å²) < 4.78 is 12.1. The standard InChI is InChI=1S/C26H46O4/c1-7-25(5,19-24(3,4)22(27)29-21-17-13-10-14-18-21)23(28)30-26(6,8-2)20-15-11-9-12-16-20/h20-21H,7-19H2,1-6H3. The maximum absolute atomic E-state index is 13.4. The summed E-state index contributed by atoms with van der Waals surface area (Å²) in [6.45, 7) is 12.0. The van der Waals surface area contributed by atoms with Crippen molar-refractivity contribution in [3.05, 3.63) is 0 Å². The minimum absolute atomic E-state index is 0.0417. The van der Waals surface area contributed by atoms with Crippen LogP contribution in [0.2, 0.25) is 0 Å². The number of hydrogen-bond donors (Lipinski definition) is 0. The fourth-order valence-corrected chi connectivity index (χ4v) is 5.38. The summed E-state index contributed by atoms with van der Waals surface area (Å²) in [5.74, 6) is 0.108. The zero-order valence-electron chi connectivity index (χ0n) is 20.5. The van der Waals surface area contributed by atoms with E-state index in [9.17, 15) is 9.59 Å². The number of carbonyl (C=O) groups is 2. The second-order valence-corrected chi connectivity index (χ2v) is 11.0. The molecule has 0 amide bonds. The van der Waals surface area contributed by atoms with Crippen LogP contribution in [0.25, 0.3) is 0 Å². The van der Waals surface area contributed by atoms with Gasteiger partial charge in [-0.2, -0.15) is 0 Å². The lowest BCUT2D eigenvalue weighted by atomic mass is 9.71. The smallest absolute Gasteiger partial charge is 0.312 e. The molecule has 0 aromatic heterocycles. The van der Waals surface area contributed by atoms with Gasteiger partial charge >= 0.3 is 11.9 Å². The van der Waals surface area contributed by atoms with Crippen LogP contribution in [0.1, 0.15) is 125 Å². The Kier molecular flexibility index (Phi) is 8.82. The molecule has 2 atom stereocenters. The van der Waals surface area contributed by atoms with Crippen molar-refractivity contribution in [1.82, 2.24) is 0 Å². The molecule has 2 fully saturated rings. The number of hydrogen-bond acceptors (Lipinski definition) is 4. The summed E-state index contributed by atoms with van der Waals surface area (Å²) in [6.07, 6.45) is 13.4. The third-order valence-corrected chi connectivity index (χ3v) is 7.98. The average molecular weight is 423 g/mol. The van der Waals surface area contributed by atoms with E-state index in [0.29, 0.717) is 18.8 Å². The zero-order chi connectivity index (χ0) is 22.4. The Labute approximate surface area is 184 Å². The molecule has 4 heteroatoms. The second-order valence-electron chi connectivity index (χ2n) is 11.0. The quantitative estimate of drug-likeness (QED) is 0.376. The van der Waals surface area contributed by atoms with Gasteiger partial charge in [-0.15, -0.1) is 0 Å². The maximum atomic E-state index is 13.4. The molecule has 0 saturated heterocycles. The van der Waals surface area contributed by atoms with Crippen LogP contribution in [-0.2, 0) is 19.1 Å². The van der Waals surface area contributed by atoms with Gasteiger partial charge in [0.05, 0.1) is 10.8 Å². The molecule has 2 saturated carbocycles. The minimum Gasteiger partial charge on any atom is -0.462 e. The van der Waals surface area contributed by atoms with Gasteiger partial charge in [-0.05, 0) is 91.4 Å². The average Bonchev–Trinajstić information content (AvgIpc) is 2.74. The predicted octanol–water partition coefficient (Wildman–Crippen LogP) is 6.99. The molecular weight excluding hydrogens is 376 g/mol. The first-order chi connectivity index (χ1) is 14.1. The monoisotopic (exact) mass is 422 g/mol. The molecule has 0 aromatic rings. The minimum atomic E-state index is -0.714. The van der Waals surface area contributed by atoms with E-state index in [1.165, 1.54) is 25.7 Å². The highest BCUT2D eigenvalue weighted by molar-refractivity contribution is 5.80. The molecular formula is C26H46O4. The molecule has 4 nitrogen and oxygen atoms in total. The van der Waals surface area contributed by atoms with Gasteiger partial charge < -0.3 is 9.47 Å². The molecule has 0 bridgehead atoms. The lowest BCUT2D eigenvalue weighted by Gasteiger charge is -2.42. The van der Waals surface area contributed by atoms with Gasteiger partial charge in [0.25, 0.3) is 0 Å². The van der Waals surface area contributed by atoms with Crippen LogP contribution < -0.4 is 0 Å². The van der Waals surface area contributed by atoms with E-state index in [4.69, 9.17) is 9.47 Å². The van der Waals surface area contributed by atoms with Gasteiger partial charge in [-0.25, -0.2) is 0 Å². The van der Waals surface area contributed by atoms with Crippen molar-refractivity contribution < 1.29 is 19.1 Å². The number of carbonyl (C=O) groups excluding carboxylic acids is 2. The van der Waals surface area contributed by atoms with Crippen molar-refractivity contribution in [2.24, 2.45) is 16.7 Å². The second kappa shape index (κ2) is 10.5. The van der Waals surface area contributed by atoms with E-state index in [-0.39, 0.29) is 18.0 Å². The lowest BCUT2D eigenvalue weighted by molar-refractivity contribution is -0.182. The maximum Gasteiger partial charge on any atom is 0.312 e. The summed E-state index contributed by atoms with van der Waals surface area (Å²) in [5, 5.41) is 0. The van der Waals surface area contributed by atoms with Gasteiger partial charge in [-0.1, -0.05) is 39.5 Å². The predicted molar refractivity (Wildman–Crippen MR) is 121 cm³/mol. The van der Waals surface area contributed by atoms with Crippen LogP contribution in [0.15, 0.2) is 0 Å². The highest BCUT2D eigenvalue weighted by Crippen LogP contribution is 2.43. The van der Waals surface area contributed by atoms with Gasteiger partial charge in [0, 0.05) is 0 Å². The van der Waals surface area contributed by atoms with Crippen LogP contribution in [0, 0.1) is 16.7 Å². The van der Waals surface area contributed by atoms with E-state index >= 15 is 0 Å². The molecule has 0 heterocycles. The topological polar surface area (TPSA) is 52.6 Å². The van der Waals surface area contributed by atoms with Gasteiger partial charge in [0.1, 0.15) is 11.7 Å². The summed E-state index contributed by atoms with van der Waals surface area (Å²) in [7, 11) is 0. The molecule has 0 spiro atoms. The molecule has 30 heavy (non-hydrogen) atoms. The molecule has 2 aliphatic carbocycles. The number of rotatable bonds is 9. The molecule has 2 aliphatic rings. The summed E-state index contributed by atoms with van der Waals surface area (Å²) in [5.41, 5.74) is -1.82. The van der Waals surface area contributed by atoms with Gasteiger partial charge in [0.15, 0.2) is 0 Å². The summed E-state index contributed by atoms with van der Waals surface area (Å²) in [6, 6.07) is 0. The number of esters is 2. The van der Waals surface area contributed by atoms with Crippen molar-refractivity contribution in [1.29, 1.82) is 0 Å². The van der Waals surface area contributed by atoms with Crippen molar-refractivity contribution in [2.75, 3.05) is 0 Å². The van der Waals surface area contributed by atoms with E-state index in [1.807, 2.05) is 27.7 Å². The third-order valence-electron chi connectivity index (χ3n) is 7.98. The Morgan fingerprint density at radius 2 is 1.30 bits per heavy atom. The SMILES string of the molecule is CCC(C)(CC(C)(C)C(=O)OC1CCCCC1)C(=O)OC(C)(CC)C1CCCCC1. The van der Waals surface area contributed by atoms with Gasteiger partial charge in [-0.3, -0.25) is 9.59 Å². The van der Waals surface area contributed by atoms with E-state index in [1.54, 1.807) is 0 Å². The Hall–Kier alpha value is -1.06. The third kappa shape index (κ3) is 6.23. The largest absolute Gasteiger partial charge is 0.462 e. The highest BCUT2D eigenvalue weighted by Gasteiger charge is 2.46. The van der Waals surface area contributed by atoms with Crippen LogP contribution in [-0.4, -0.2) is 23.6 Å². The van der Waals surface area contributed by atoms with E-state index < -0.39 is 16.4 Å². The fraction of sp³-hybridized carbons (Fsp3) is 0.923. The molecule has 0 aromatic carbocycles. The van der Waals surface area contributed by atoms with Crippen molar-refractivity contribution in [3.8, 4) is 0 Å². The van der Waals surface area contributed by atoms with Crippen LogP contribution >= 0.6 is 0 Å². The molecule has 2 rings (SSSR count). The first kappa shape index (κ1) is 25.2. The molecule has 0 aliphatic heterocycles. The fourth-order valence-electron chi connectivity index (χ4n) is 5.38. The van der Waals surface area contributed by atoms with Crippen molar-refractivity contribution in [2.45, 2.75) is 137 Å². The van der Waals surface area contributed by atoms with Crippen LogP contribution in [0.3, 0.4) is 0 Å². The van der Waals surface area contributed by atoms with Crippen molar-refractivity contribution in [3.63, 3.8) is 0 Å². The van der Waals surface area contributed by atoms with Crippen LogP contribution in [0.5, 0.6) is 0 Å². The Balaban J connectivity index is 2.06. The molecule has 2 unspecified atom stereocenters. The highest BCUT2D eigenvalue weighted by atomic mass is 16.6. The van der Waals surface area contributed by atoms with Gasteiger partial charge in [0.2, 0.25) is 0 Å². The molecule has 174 valence electrons. The lowest BCUT2D eigenvalue weighted by Crippen LogP contribution is -2.46. The zero-order valence-corrected chi connectivity index (χ0v) is 20.5. The Morgan fingerprint density at radius 1 is 0.767 bits per heavy atom. The first-order valence-corrected chi connectivity index (χ1v) is 12.5. The first-order valence-electron chi connectivity index (χ1n) is 12.5. The number of ether oxygens (including phenoxy) is 2. The summed E-state index contributed by atoms with van der Waals surface area (Å²) in [4.78, 5) is 26.4. The normalized spacial score (nSPS) is 23.3. The Morgan fingerprint density at radius 3 is 1.80 bits per heavy atom. The van der Waals surface area contributed by atoms with Crippen LogP contribution in [0.4, 0.5) is 0 Å². The molecule has 0 radical (unpaired) electrons. The summed E-state index contributed by atoms with van der Waals surface area (Å²) >= 11 is 0. The molecule has 0 N–H and O–H groups in total.